The zero-order chi connectivity index (χ0) is 17.1. The monoisotopic (exact) mass is 332 g/mol. The first-order valence-electron chi connectivity index (χ1n) is 8.03. The smallest absolute Gasteiger partial charge is 0.319 e. The van der Waals surface area contributed by atoms with Crippen LogP contribution >= 0.6 is 0 Å². The van der Waals surface area contributed by atoms with Crippen LogP contribution < -0.4 is 10.6 Å². The fraction of sp³-hybridized carbons (Fsp3) is 0.412. The van der Waals surface area contributed by atoms with E-state index >= 15 is 0 Å². The maximum absolute atomic E-state index is 13.6. The Morgan fingerprint density at radius 3 is 2.92 bits per heavy atom. The van der Waals surface area contributed by atoms with Gasteiger partial charge in [0.25, 0.3) is 0 Å². The third-order valence-corrected chi connectivity index (χ3v) is 4.08. The Morgan fingerprint density at radius 2 is 2.25 bits per heavy atom. The van der Waals surface area contributed by atoms with Crippen LogP contribution in [0.5, 0.6) is 0 Å². The van der Waals surface area contributed by atoms with Gasteiger partial charge in [0.2, 0.25) is 0 Å². The van der Waals surface area contributed by atoms with Crippen molar-refractivity contribution < 1.29 is 13.9 Å². The van der Waals surface area contributed by atoms with Gasteiger partial charge in [0.1, 0.15) is 5.82 Å². The Morgan fingerprint density at radius 1 is 1.46 bits per heavy atom. The van der Waals surface area contributed by atoms with Gasteiger partial charge in [-0.15, -0.1) is 0 Å². The van der Waals surface area contributed by atoms with Gasteiger partial charge >= 0.3 is 6.03 Å². The number of nitrogens with zero attached hydrogens (tertiary/aromatic N) is 2. The van der Waals surface area contributed by atoms with Gasteiger partial charge < -0.3 is 15.4 Å². The molecule has 0 aliphatic heterocycles. The molecule has 24 heavy (non-hydrogen) atoms. The first-order chi connectivity index (χ1) is 11.5. The van der Waals surface area contributed by atoms with E-state index in [-0.39, 0.29) is 24.0 Å². The molecule has 0 atom stereocenters. The molecule has 0 spiro atoms. The number of hydrogen-bond acceptors (Lipinski definition) is 3. The molecule has 6 nitrogen and oxygen atoms in total. The number of carbonyl (C=O) groups excluding carboxylic acids is 1. The maximum atomic E-state index is 13.6. The maximum Gasteiger partial charge on any atom is 0.319 e. The molecular weight excluding hydrogens is 311 g/mol. The molecule has 1 aromatic carbocycles. The number of ether oxygens (including phenoxy) is 1. The molecule has 0 unspecified atom stereocenters. The number of amides is 2. The minimum Gasteiger partial charge on any atom is -0.378 e. The number of benzene rings is 1. The molecule has 1 fully saturated rings. The van der Waals surface area contributed by atoms with Crippen molar-refractivity contribution in [1.29, 1.82) is 0 Å². The highest BCUT2D eigenvalue weighted by molar-refractivity contribution is 5.94. The van der Waals surface area contributed by atoms with Crippen LogP contribution in [-0.4, -0.2) is 34.6 Å². The molecule has 7 heteroatoms. The quantitative estimate of drug-likeness (QED) is 0.884. The molecule has 1 aliphatic rings. The van der Waals surface area contributed by atoms with Gasteiger partial charge in [-0.3, -0.25) is 4.68 Å². The van der Waals surface area contributed by atoms with Crippen molar-refractivity contribution in [3.8, 4) is 11.1 Å². The fourth-order valence-electron chi connectivity index (χ4n) is 2.82. The highest BCUT2D eigenvalue weighted by Crippen LogP contribution is 2.29. The van der Waals surface area contributed by atoms with Gasteiger partial charge in [-0.05, 0) is 38.0 Å². The first kappa shape index (κ1) is 16.4. The van der Waals surface area contributed by atoms with Gasteiger partial charge in [-0.25, -0.2) is 9.18 Å². The molecule has 2 aromatic rings. The van der Waals surface area contributed by atoms with Crippen LogP contribution in [0.25, 0.3) is 11.1 Å². The van der Waals surface area contributed by atoms with E-state index in [2.05, 4.69) is 15.7 Å². The van der Waals surface area contributed by atoms with Crippen molar-refractivity contribution in [2.45, 2.75) is 31.9 Å². The number of halogens is 1. The van der Waals surface area contributed by atoms with E-state index in [1.807, 2.05) is 6.92 Å². The summed E-state index contributed by atoms with van der Waals surface area (Å²) < 4.78 is 20.7. The largest absolute Gasteiger partial charge is 0.378 e. The van der Waals surface area contributed by atoms with Crippen LogP contribution in [0.4, 0.5) is 14.9 Å². The van der Waals surface area contributed by atoms with Gasteiger partial charge in [0, 0.05) is 37.0 Å². The average molecular weight is 332 g/mol. The summed E-state index contributed by atoms with van der Waals surface area (Å²) >= 11 is 0. The van der Waals surface area contributed by atoms with Crippen molar-refractivity contribution in [1.82, 2.24) is 15.1 Å². The summed E-state index contributed by atoms with van der Waals surface area (Å²) in [5.74, 6) is -0.363. The van der Waals surface area contributed by atoms with E-state index in [0.29, 0.717) is 17.9 Å². The third kappa shape index (κ3) is 3.73. The molecule has 2 N–H and O–H groups in total. The van der Waals surface area contributed by atoms with Crippen LogP contribution in [0.3, 0.4) is 0 Å². The Hall–Kier alpha value is -2.41. The lowest BCUT2D eigenvalue weighted by Crippen LogP contribution is -2.49. The lowest BCUT2D eigenvalue weighted by molar-refractivity contribution is -0.00673. The number of rotatable bonds is 5. The van der Waals surface area contributed by atoms with Crippen molar-refractivity contribution in [2.24, 2.45) is 7.05 Å². The zero-order valence-corrected chi connectivity index (χ0v) is 13.8. The minimum atomic E-state index is -0.363. The minimum absolute atomic E-state index is 0.115. The number of aryl methyl sites for hydroxylation is 1. The van der Waals surface area contributed by atoms with E-state index < -0.39 is 0 Å². The zero-order valence-electron chi connectivity index (χ0n) is 13.8. The summed E-state index contributed by atoms with van der Waals surface area (Å²) in [7, 11) is 1.79. The predicted molar refractivity (Wildman–Crippen MR) is 89.2 cm³/mol. The van der Waals surface area contributed by atoms with E-state index in [0.717, 1.165) is 18.4 Å². The molecule has 1 saturated carbocycles. The molecule has 1 aromatic heterocycles. The Bertz CT molecular complexity index is 725. The summed E-state index contributed by atoms with van der Waals surface area (Å²) in [4.78, 5) is 12.2. The lowest BCUT2D eigenvalue weighted by atomic mass is 9.89. The fourth-order valence-corrected chi connectivity index (χ4v) is 2.82. The second kappa shape index (κ2) is 7.00. The van der Waals surface area contributed by atoms with Gasteiger partial charge in [-0.2, -0.15) is 5.10 Å². The molecule has 1 heterocycles. The normalized spacial score (nSPS) is 19.6. The molecular formula is C17H21FN4O2. The summed E-state index contributed by atoms with van der Waals surface area (Å²) in [5.41, 5.74) is 1.88. The van der Waals surface area contributed by atoms with Crippen LogP contribution in [0.15, 0.2) is 30.6 Å². The Labute approximate surface area is 140 Å². The number of aromatic nitrogens is 2. The van der Waals surface area contributed by atoms with Crippen LogP contribution in [0, 0.1) is 5.82 Å². The number of urea groups is 1. The highest BCUT2D eigenvalue weighted by Gasteiger charge is 2.30. The van der Waals surface area contributed by atoms with Gasteiger partial charge in [0.15, 0.2) is 0 Å². The number of anilines is 1. The first-order valence-corrected chi connectivity index (χ1v) is 8.03. The SMILES string of the molecule is CCOC1CC(NC(=O)Nc2ccc(F)cc2-c2cnn(C)c2)C1. The van der Waals surface area contributed by atoms with Crippen molar-refractivity contribution in [3.63, 3.8) is 0 Å². The van der Waals surface area contributed by atoms with Crippen molar-refractivity contribution >= 4 is 11.7 Å². The highest BCUT2D eigenvalue weighted by atomic mass is 19.1. The summed E-state index contributed by atoms with van der Waals surface area (Å²) in [6, 6.07) is 4.09. The van der Waals surface area contributed by atoms with Crippen molar-refractivity contribution in [2.75, 3.05) is 11.9 Å². The molecule has 128 valence electrons. The van der Waals surface area contributed by atoms with Crippen LogP contribution in [-0.2, 0) is 11.8 Å². The average Bonchev–Trinajstić information content (AvgIpc) is 2.93. The predicted octanol–water partition coefficient (Wildman–Crippen LogP) is 2.92. The number of carbonyl (C=O) groups is 1. The molecule has 0 saturated heterocycles. The van der Waals surface area contributed by atoms with E-state index in [1.165, 1.54) is 12.1 Å². The number of nitrogens with one attached hydrogen (secondary N) is 2. The molecule has 0 bridgehead atoms. The Balaban J connectivity index is 1.66. The topological polar surface area (TPSA) is 68.2 Å². The molecule has 0 radical (unpaired) electrons. The molecule has 1 aliphatic carbocycles. The second-order valence-electron chi connectivity index (χ2n) is 5.94. The van der Waals surface area contributed by atoms with Crippen LogP contribution in [0.1, 0.15) is 19.8 Å². The van der Waals surface area contributed by atoms with Crippen LogP contribution in [0.2, 0.25) is 0 Å². The van der Waals surface area contributed by atoms with Gasteiger partial charge in [-0.1, -0.05) is 0 Å². The second-order valence-corrected chi connectivity index (χ2v) is 5.94. The van der Waals surface area contributed by atoms with E-state index in [1.54, 1.807) is 30.2 Å². The lowest BCUT2D eigenvalue weighted by Gasteiger charge is -2.35. The van der Waals surface area contributed by atoms with Crippen molar-refractivity contribution in [3.05, 3.63) is 36.4 Å². The van der Waals surface area contributed by atoms with E-state index in [4.69, 9.17) is 4.74 Å². The Kier molecular flexibility index (Phi) is 4.80. The summed E-state index contributed by atoms with van der Waals surface area (Å²) in [5, 5.41) is 9.80. The molecule has 3 rings (SSSR count). The van der Waals surface area contributed by atoms with Gasteiger partial charge in [0.05, 0.1) is 18.0 Å². The van der Waals surface area contributed by atoms with E-state index in [9.17, 15) is 9.18 Å². The third-order valence-electron chi connectivity index (χ3n) is 4.08. The standard InChI is InChI=1S/C17H21FN4O2/c1-3-24-14-7-13(8-14)20-17(23)21-16-5-4-12(18)6-15(16)11-9-19-22(2)10-11/h4-6,9-10,13-14H,3,7-8H2,1-2H3,(H2,20,21,23). The number of hydrogen-bond donors (Lipinski definition) is 2. The summed E-state index contributed by atoms with van der Waals surface area (Å²) in [6.45, 7) is 2.65. The summed E-state index contributed by atoms with van der Waals surface area (Å²) in [6.07, 6.45) is 5.28. The molecule has 2 amide bonds.